The molecule has 0 bridgehead atoms. The molecular weight excluding hydrogens is 413 g/mol. The van der Waals surface area contributed by atoms with E-state index in [1.807, 2.05) is 4.90 Å². The summed E-state index contributed by atoms with van der Waals surface area (Å²) in [5, 5.41) is 7.11. The third-order valence-electron chi connectivity index (χ3n) is 3.50. The molecule has 1 aromatic heterocycles. The van der Waals surface area contributed by atoms with Crippen LogP contribution in [0.25, 0.3) is 0 Å². The zero-order valence-electron chi connectivity index (χ0n) is 15.5. The minimum atomic E-state index is -4.70. The van der Waals surface area contributed by atoms with Crippen molar-refractivity contribution in [1.29, 1.82) is 0 Å². The van der Waals surface area contributed by atoms with Crippen molar-refractivity contribution in [3.8, 4) is 0 Å². The summed E-state index contributed by atoms with van der Waals surface area (Å²) in [6.07, 6.45) is -2.24. The number of nitrogens with zero attached hydrogens (tertiary/aromatic N) is 3. The number of urea groups is 1. The van der Waals surface area contributed by atoms with Crippen LogP contribution in [0.1, 0.15) is 15.9 Å². The largest absolute Gasteiger partial charge is 0.416 e. The Morgan fingerprint density at radius 3 is 2.28 bits per heavy atom. The maximum Gasteiger partial charge on any atom is 0.416 e. The van der Waals surface area contributed by atoms with Crippen LogP contribution in [-0.4, -0.2) is 54.0 Å². The average Bonchev–Trinajstić information content (AvgIpc) is 2.62. The van der Waals surface area contributed by atoms with Crippen molar-refractivity contribution in [1.82, 2.24) is 20.2 Å². The van der Waals surface area contributed by atoms with Crippen LogP contribution in [-0.2, 0) is 6.18 Å². The Morgan fingerprint density at radius 2 is 1.69 bits per heavy atom. The third kappa shape index (κ3) is 7.20. The molecular formula is C17H18ClF3N6O2. The van der Waals surface area contributed by atoms with Crippen molar-refractivity contribution in [2.24, 2.45) is 0 Å². The fourth-order valence-corrected chi connectivity index (χ4v) is 2.26. The van der Waals surface area contributed by atoms with Crippen molar-refractivity contribution in [3.63, 3.8) is 0 Å². The van der Waals surface area contributed by atoms with Crippen LogP contribution in [0, 0.1) is 0 Å². The van der Waals surface area contributed by atoms with Gasteiger partial charge in [-0.1, -0.05) is 0 Å². The van der Waals surface area contributed by atoms with E-state index in [1.165, 1.54) is 12.4 Å². The van der Waals surface area contributed by atoms with Gasteiger partial charge in [0.05, 0.1) is 23.6 Å². The molecule has 29 heavy (non-hydrogen) atoms. The van der Waals surface area contributed by atoms with E-state index in [-0.39, 0.29) is 28.8 Å². The molecule has 12 heteroatoms. The Bertz CT molecular complexity index is 874. The van der Waals surface area contributed by atoms with Crippen LogP contribution >= 0.6 is 11.6 Å². The van der Waals surface area contributed by atoms with Gasteiger partial charge in [0.1, 0.15) is 0 Å². The minimum Gasteiger partial charge on any atom is -0.351 e. The second-order valence-corrected chi connectivity index (χ2v) is 6.51. The van der Waals surface area contributed by atoms with Crippen LogP contribution in [0.5, 0.6) is 0 Å². The maximum atomic E-state index is 13.2. The van der Waals surface area contributed by atoms with Crippen molar-refractivity contribution >= 4 is 34.9 Å². The quantitative estimate of drug-likeness (QED) is 0.612. The first-order valence-corrected chi connectivity index (χ1v) is 8.63. The molecule has 0 radical (unpaired) electrons. The number of anilines is 2. The number of halogens is 4. The number of carbonyl (C=O) groups excluding carboxylic acids is 2. The van der Waals surface area contributed by atoms with E-state index in [1.54, 1.807) is 14.1 Å². The van der Waals surface area contributed by atoms with Crippen LogP contribution in [0.3, 0.4) is 0 Å². The second kappa shape index (κ2) is 9.52. The molecule has 2 aromatic rings. The predicted molar refractivity (Wildman–Crippen MR) is 102 cm³/mol. The molecule has 1 heterocycles. The predicted octanol–water partition coefficient (Wildman–Crippen LogP) is 3.08. The number of likely N-dealkylation sites (N-methyl/N-ethyl adjacent to an activating group) is 1. The lowest BCUT2D eigenvalue weighted by Gasteiger charge is -2.14. The molecule has 0 atom stereocenters. The summed E-state index contributed by atoms with van der Waals surface area (Å²) in [4.78, 5) is 33.4. The molecule has 0 spiro atoms. The summed E-state index contributed by atoms with van der Waals surface area (Å²) >= 11 is 5.54. The third-order valence-corrected chi connectivity index (χ3v) is 3.70. The number of rotatable bonds is 6. The second-order valence-electron chi connectivity index (χ2n) is 6.18. The molecule has 0 saturated heterocycles. The number of amides is 3. The summed E-state index contributed by atoms with van der Waals surface area (Å²) < 4.78 is 39.6. The number of hydrogen-bond donors (Lipinski definition) is 3. The van der Waals surface area contributed by atoms with Gasteiger partial charge in [0.25, 0.3) is 5.91 Å². The summed E-state index contributed by atoms with van der Waals surface area (Å²) in [6.45, 7) is 0.767. The molecule has 156 valence electrons. The summed E-state index contributed by atoms with van der Waals surface area (Å²) in [5.74, 6) is -0.687. The molecule has 0 aliphatic rings. The van der Waals surface area contributed by atoms with Gasteiger partial charge in [-0.25, -0.2) is 14.8 Å². The topological polar surface area (TPSA) is 99.2 Å². The lowest BCUT2D eigenvalue weighted by Crippen LogP contribution is -2.31. The van der Waals surface area contributed by atoms with Gasteiger partial charge >= 0.3 is 12.2 Å². The van der Waals surface area contributed by atoms with Crippen molar-refractivity contribution in [2.45, 2.75) is 6.18 Å². The van der Waals surface area contributed by atoms with Gasteiger partial charge in [0, 0.05) is 24.3 Å². The number of alkyl halides is 3. The molecule has 0 saturated carbocycles. The molecule has 3 amide bonds. The van der Waals surface area contributed by atoms with Crippen LogP contribution < -0.4 is 16.0 Å². The maximum absolute atomic E-state index is 13.2. The average molecular weight is 431 g/mol. The van der Waals surface area contributed by atoms with E-state index in [4.69, 9.17) is 11.6 Å². The first kappa shape index (κ1) is 22.4. The van der Waals surface area contributed by atoms with E-state index >= 15 is 0 Å². The van der Waals surface area contributed by atoms with Crippen molar-refractivity contribution in [3.05, 3.63) is 47.0 Å². The highest BCUT2D eigenvalue weighted by atomic mass is 35.5. The highest BCUT2D eigenvalue weighted by Crippen LogP contribution is 2.32. The summed E-state index contributed by atoms with van der Waals surface area (Å²) in [5.41, 5.74) is -1.32. The molecule has 3 N–H and O–H groups in total. The molecule has 8 nitrogen and oxygen atoms in total. The van der Waals surface area contributed by atoms with E-state index in [0.29, 0.717) is 6.54 Å². The van der Waals surface area contributed by atoms with E-state index in [0.717, 1.165) is 18.2 Å². The smallest absolute Gasteiger partial charge is 0.351 e. The van der Waals surface area contributed by atoms with Gasteiger partial charge in [-0.15, -0.1) is 0 Å². The number of benzene rings is 1. The molecule has 0 fully saturated rings. The van der Waals surface area contributed by atoms with Gasteiger partial charge in [-0.2, -0.15) is 13.2 Å². The summed E-state index contributed by atoms with van der Waals surface area (Å²) in [6, 6.07) is 1.77. The Balaban J connectivity index is 2.18. The van der Waals surface area contributed by atoms with Crippen LogP contribution in [0.4, 0.5) is 29.3 Å². The standard InChI is InChI=1S/C17H18ClF3N6O2/c1-27(2)4-3-22-14(28)10-5-11(17(19,20)21)7-12(6-10)25-16(29)26-13-8-23-15(18)24-9-13/h5-9H,3-4H2,1-2H3,(H,22,28)(H2,25,26,29). The normalized spacial score (nSPS) is 11.3. The molecule has 2 rings (SSSR count). The number of carbonyl (C=O) groups is 2. The summed E-state index contributed by atoms with van der Waals surface area (Å²) in [7, 11) is 3.59. The monoisotopic (exact) mass is 430 g/mol. The van der Waals surface area contributed by atoms with Crippen LogP contribution in [0.15, 0.2) is 30.6 Å². The van der Waals surface area contributed by atoms with Gasteiger partial charge in [-0.3, -0.25) is 4.79 Å². The Morgan fingerprint density at radius 1 is 1.07 bits per heavy atom. The lowest BCUT2D eigenvalue weighted by atomic mass is 10.1. The Hall–Kier alpha value is -2.92. The zero-order chi connectivity index (χ0) is 21.6. The first-order valence-electron chi connectivity index (χ1n) is 8.25. The fraction of sp³-hybridized carbons (Fsp3) is 0.294. The van der Waals surface area contributed by atoms with Crippen molar-refractivity contribution < 1.29 is 22.8 Å². The van der Waals surface area contributed by atoms with E-state index < -0.39 is 23.7 Å². The molecule has 1 aromatic carbocycles. The Kier molecular flexibility index (Phi) is 7.35. The van der Waals surface area contributed by atoms with Crippen LogP contribution in [0.2, 0.25) is 5.28 Å². The van der Waals surface area contributed by atoms with Gasteiger partial charge < -0.3 is 20.9 Å². The molecule has 0 aliphatic heterocycles. The van der Waals surface area contributed by atoms with Gasteiger partial charge in [-0.05, 0) is 43.9 Å². The molecule has 0 unspecified atom stereocenters. The Labute approximate surface area is 169 Å². The van der Waals surface area contributed by atoms with E-state index in [9.17, 15) is 22.8 Å². The lowest BCUT2D eigenvalue weighted by molar-refractivity contribution is -0.137. The number of aromatic nitrogens is 2. The first-order chi connectivity index (χ1) is 13.5. The fourth-order valence-electron chi connectivity index (χ4n) is 2.16. The molecule has 0 aliphatic carbocycles. The zero-order valence-corrected chi connectivity index (χ0v) is 16.2. The van der Waals surface area contributed by atoms with Crippen molar-refractivity contribution in [2.75, 3.05) is 37.8 Å². The highest BCUT2D eigenvalue weighted by molar-refractivity contribution is 6.28. The number of nitrogens with one attached hydrogen (secondary N) is 3. The SMILES string of the molecule is CN(C)CCNC(=O)c1cc(NC(=O)Nc2cnc(Cl)nc2)cc(C(F)(F)F)c1. The number of hydrogen-bond acceptors (Lipinski definition) is 5. The van der Waals surface area contributed by atoms with E-state index in [2.05, 4.69) is 25.9 Å². The van der Waals surface area contributed by atoms with Gasteiger partial charge in [0.2, 0.25) is 5.28 Å². The highest BCUT2D eigenvalue weighted by Gasteiger charge is 2.32. The minimum absolute atomic E-state index is 0.0289. The van der Waals surface area contributed by atoms with Gasteiger partial charge in [0.15, 0.2) is 0 Å².